The number of aliphatic hydroxyl groups is 1. The highest BCUT2D eigenvalue weighted by Gasteiger charge is 2.76. The smallest absolute Gasteiger partial charge is 0.308 e. The van der Waals surface area contributed by atoms with Crippen molar-refractivity contribution >= 4 is 35.4 Å². The van der Waals surface area contributed by atoms with E-state index in [9.17, 15) is 29.1 Å². The summed E-state index contributed by atoms with van der Waals surface area (Å²) in [4.78, 5) is 80.4. The van der Waals surface area contributed by atoms with Gasteiger partial charge in [0.05, 0.1) is 35.9 Å². The number of hydrogen-bond acceptors (Lipinski definition) is 15. The van der Waals surface area contributed by atoms with E-state index in [0.717, 1.165) is 18.4 Å². The van der Waals surface area contributed by atoms with Crippen LogP contribution in [0, 0.1) is 52.3 Å². The summed E-state index contributed by atoms with van der Waals surface area (Å²) in [6.07, 6.45) is -0.958. The summed E-state index contributed by atoms with van der Waals surface area (Å²) < 4.78 is 49.7. The van der Waals surface area contributed by atoms with E-state index >= 15 is 4.79 Å². The van der Waals surface area contributed by atoms with Crippen LogP contribution in [-0.2, 0) is 66.7 Å². The number of hydrogen-bond donors (Lipinski definition) is 1. The minimum absolute atomic E-state index is 0.0190. The van der Waals surface area contributed by atoms with E-state index < -0.39 is 132 Å². The fourth-order valence-electron chi connectivity index (χ4n) is 11.0. The second-order valence-corrected chi connectivity index (χ2v) is 19.9. The van der Waals surface area contributed by atoms with Gasteiger partial charge in [-0.15, -0.1) is 0 Å². The maximum atomic E-state index is 15.3. The molecular weight excluding hydrogens is 805 g/mol. The van der Waals surface area contributed by atoms with Crippen LogP contribution in [0.1, 0.15) is 115 Å². The van der Waals surface area contributed by atoms with Crippen molar-refractivity contribution in [3.8, 4) is 0 Å². The molecule has 0 spiro atoms. The molecule has 15 nitrogen and oxygen atoms in total. The zero-order valence-electron chi connectivity index (χ0n) is 38.2. The maximum Gasteiger partial charge on any atom is 0.308 e. The largest absolute Gasteiger partial charge is 0.463 e. The van der Waals surface area contributed by atoms with Crippen molar-refractivity contribution in [2.24, 2.45) is 52.3 Å². The van der Waals surface area contributed by atoms with Crippen LogP contribution >= 0.6 is 0 Å². The SMILES string of the molecule is CCC[C@@H]1O[C@@H]2C[C@H]3[C@@H]4CCC5=CC(=O)C=C[C@]5(C)[C@H]4[C@@H](O)C[C@]3(C)[C@]2(C(=O)CO[C@@H]2O[C@H](COC(=O)C(C)C)[C@@H](OC(=O)C(C)C)[C@H](OC(=O)C(C)C)[C@H]2OC(=O)C(C)C)O1. The highest BCUT2D eigenvalue weighted by Crippen LogP contribution is 2.69. The molecule has 5 fully saturated rings. The summed E-state index contributed by atoms with van der Waals surface area (Å²) in [5.74, 6) is -5.95. The van der Waals surface area contributed by atoms with Crippen LogP contribution in [0.4, 0.5) is 0 Å². The molecule has 0 aromatic heterocycles. The minimum Gasteiger partial charge on any atom is -0.463 e. The first kappa shape index (κ1) is 48.0. The predicted molar refractivity (Wildman–Crippen MR) is 220 cm³/mol. The van der Waals surface area contributed by atoms with Gasteiger partial charge in [0.2, 0.25) is 0 Å². The molecule has 0 aromatic carbocycles. The van der Waals surface area contributed by atoms with Gasteiger partial charge in [-0.25, -0.2) is 0 Å². The highest BCUT2D eigenvalue weighted by molar-refractivity contribution is 6.01. The molecular formula is C47H68O15. The molecule has 0 aromatic rings. The Morgan fingerprint density at radius 1 is 0.839 bits per heavy atom. The van der Waals surface area contributed by atoms with Gasteiger partial charge in [0.1, 0.15) is 19.3 Å². The van der Waals surface area contributed by atoms with Crippen molar-refractivity contribution in [3.63, 3.8) is 0 Å². The number of aliphatic hydroxyl groups excluding tert-OH is 1. The Morgan fingerprint density at radius 3 is 2.03 bits per heavy atom. The molecule has 0 amide bonds. The number of Topliss-reactive ketones (excluding diaryl/α,β-unsaturated/α-hetero) is 1. The summed E-state index contributed by atoms with van der Waals surface area (Å²) in [6.45, 7) is 18.0. The number of ketones is 2. The summed E-state index contributed by atoms with van der Waals surface area (Å²) in [5, 5.41) is 12.2. The minimum atomic E-state index is -1.59. The summed E-state index contributed by atoms with van der Waals surface area (Å²) in [7, 11) is 0. The Morgan fingerprint density at radius 2 is 1.44 bits per heavy atom. The van der Waals surface area contributed by atoms with Gasteiger partial charge in [-0.3, -0.25) is 28.8 Å². The molecule has 2 saturated heterocycles. The second-order valence-electron chi connectivity index (χ2n) is 19.9. The van der Waals surface area contributed by atoms with Crippen LogP contribution in [0.5, 0.6) is 0 Å². The number of allylic oxidation sites excluding steroid dienone is 4. The lowest BCUT2D eigenvalue weighted by Gasteiger charge is -2.59. The number of fused-ring (bicyclic) bond motifs is 7. The van der Waals surface area contributed by atoms with Crippen LogP contribution in [-0.4, -0.2) is 109 Å². The van der Waals surface area contributed by atoms with Gasteiger partial charge in [0, 0.05) is 16.7 Å². The third-order valence-electron chi connectivity index (χ3n) is 14.2. The average Bonchev–Trinajstić information content (AvgIpc) is 3.69. The van der Waals surface area contributed by atoms with Gasteiger partial charge in [0.25, 0.3) is 0 Å². The van der Waals surface area contributed by atoms with Gasteiger partial charge >= 0.3 is 23.9 Å². The van der Waals surface area contributed by atoms with E-state index in [-0.39, 0.29) is 30.0 Å². The van der Waals surface area contributed by atoms with Crippen molar-refractivity contribution in [1.82, 2.24) is 0 Å². The molecule has 2 aliphatic heterocycles. The lowest BCUT2D eigenvalue weighted by molar-refractivity contribution is -0.309. The van der Waals surface area contributed by atoms with Gasteiger partial charge in [-0.1, -0.05) is 94.2 Å². The van der Waals surface area contributed by atoms with E-state index in [1.807, 2.05) is 19.9 Å². The van der Waals surface area contributed by atoms with E-state index in [1.165, 1.54) is 0 Å². The first-order valence-corrected chi connectivity index (χ1v) is 22.6. The van der Waals surface area contributed by atoms with E-state index in [4.69, 9.17) is 37.9 Å². The van der Waals surface area contributed by atoms with Crippen LogP contribution in [0.2, 0.25) is 0 Å². The van der Waals surface area contributed by atoms with Gasteiger partial charge in [-0.2, -0.15) is 0 Å². The highest BCUT2D eigenvalue weighted by atomic mass is 16.8. The van der Waals surface area contributed by atoms with Crippen molar-refractivity contribution in [1.29, 1.82) is 0 Å². The van der Waals surface area contributed by atoms with Crippen LogP contribution < -0.4 is 0 Å². The third kappa shape index (κ3) is 8.69. The molecule has 14 atom stereocenters. The Balaban J connectivity index is 1.36. The number of carbonyl (C=O) groups is 6. The number of rotatable bonds is 15. The quantitative estimate of drug-likeness (QED) is 0.163. The summed E-state index contributed by atoms with van der Waals surface area (Å²) in [5.41, 5.74) is -1.98. The van der Waals surface area contributed by atoms with E-state index in [1.54, 1.807) is 67.5 Å². The molecule has 4 aliphatic carbocycles. The van der Waals surface area contributed by atoms with Gasteiger partial charge in [0.15, 0.2) is 48.1 Å². The lowest BCUT2D eigenvalue weighted by atomic mass is 9.46. The standard InChI is InChI=1S/C47H68O15/c1-12-13-35-58-34-19-30-29-15-14-27-18-28(48)16-17-45(27,10)36(29)31(49)20-46(30,11)47(34,62-35)33(50)22-56-44-39(61-43(54)26(8)9)38(60-42(53)25(6)7)37(59-41(52)24(4)5)32(57-44)21-55-40(51)23(2)3/h16-18,23-26,29-32,34-39,44,49H,12-15,19-22H2,1-11H3/t29-,30-,31-,32+,34+,35+,36+,37+,38-,39+,44+,45-,46-,47+/m0/s1. The van der Waals surface area contributed by atoms with Gasteiger partial charge < -0.3 is 43.0 Å². The Labute approximate surface area is 365 Å². The Hall–Kier alpha value is -3.50. The van der Waals surface area contributed by atoms with Crippen molar-refractivity contribution in [3.05, 3.63) is 23.8 Å². The molecule has 0 bridgehead atoms. The zero-order valence-corrected chi connectivity index (χ0v) is 38.2. The third-order valence-corrected chi connectivity index (χ3v) is 14.2. The van der Waals surface area contributed by atoms with E-state index in [2.05, 4.69) is 6.92 Å². The molecule has 62 heavy (non-hydrogen) atoms. The number of ether oxygens (including phenoxy) is 8. The molecule has 346 valence electrons. The van der Waals surface area contributed by atoms with Crippen LogP contribution in [0.15, 0.2) is 23.8 Å². The predicted octanol–water partition coefficient (Wildman–Crippen LogP) is 5.37. The summed E-state index contributed by atoms with van der Waals surface area (Å²) >= 11 is 0. The Bertz CT molecular complexity index is 1800. The first-order chi connectivity index (χ1) is 29.1. The first-order valence-electron chi connectivity index (χ1n) is 22.6. The average molecular weight is 873 g/mol. The zero-order chi connectivity index (χ0) is 45.6. The van der Waals surface area contributed by atoms with Gasteiger partial charge in [-0.05, 0) is 56.1 Å². The molecule has 1 N–H and O–H groups in total. The monoisotopic (exact) mass is 872 g/mol. The molecule has 15 heteroatoms. The van der Waals surface area contributed by atoms with Crippen molar-refractivity contribution in [2.75, 3.05) is 13.2 Å². The van der Waals surface area contributed by atoms with Crippen LogP contribution in [0.25, 0.3) is 0 Å². The Kier molecular flexibility index (Phi) is 14.3. The lowest BCUT2D eigenvalue weighted by Crippen LogP contribution is -2.65. The normalized spacial score (nSPS) is 38.5. The molecule has 2 heterocycles. The number of esters is 4. The molecule has 0 radical (unpaired) electrons. The molecule has 6 aliphatic rings. The summed E-state index contributed by atoms with van der Waals surface area (Å²) in [6, 6.07) is 0. The fraction of sp³-hybridized carbons (Fsp3) is 0.787. The number of carbonyl (C=O) groups excluding carboxylic acids is 6. The van der Waals surface area contributed by atoms with E-state index in [0.29, 0.717) is 19.3 Å². The molecule has 0 unspecified atom stereocenters. The second kappa shape index (κ2) is 18.5. The van der Waals surface area contributed by atoms with Crippen molar-refractivity contribution < 1.29 is 71.8 Å². The fourth-order valence-corrected chi connectivity index (χ4v) is 11.0. The molecule has 3 saturated carbocycles. The van der Waals surface area contributed by atoms with Crippen molar-refractivity contribution in [2.45, 2.75) is 169 Å². The maximum absolute atomic E-state index is 15.3. The van der Waals surface area contributed by atoms with Crippen LogP contribution in [0.3, 0.4) is 0 Å². The topological polar surface area (TPSA) is 196 Å². The molecule has 6 rings (SSSR count).